The van der Waals surface area contributed by atoms with Gasteiger partial charge < -0.3 is 9.13 Å². The highest BCUT2D eigenvalue weighted by Gasteiger charge is 2.15. The monoisotopic (exact) mass is 438 g/mol. The van der Waals surface area contributed by atoms with Crippen molar-refractivity contribution in [2.45, 2.75) is 13.8 Å². The highest BCUT2D eigenvalue weighted by atomic mass is 15.0. The van der Waals surface area contributed by atoms with Crippen LogP contribution in [0.2, 0.25) is 0 Å². The van der Waals surface area contributed by atoms with E-state index < -0.39 is 0 Å². The van der Waals surface area contributed by atoms with Crippen molar-refractivity contribution in [3.63, 3.8) is 0 Å². The Hall–Kier alpha value is -4.30. The zero-order chi connectivity index (χ0) is 23.1. The molecule has 0 aliphatic rings. The topological polar surface area (TPSA) is 9.86 Å². The Morgan fingerprint density at radius 3 is 1.32 bits per heavy atom. The van der Waals surface area contributed by atoms with Gasteiger partial charge in [-0.05, 0) is 48.5 Å². The third-order valence-corrected chi connectivity index (χ3v) is 6.51. The van der Waals surface area contributed by atoms with Gasteiger partial charge in [0.1, 0.15) is 0 Å². The molecule has 2 nitrogen and oxygen atoms in total. The molecule has 2 heterocycles. The van der Waals surface area contributed by atoms with Crippen LogP contribution < -0.4 is 0 Å². The minimum atomic E-state index is 1.18. The molecule has 7 rings (SSSR count). The molecule has 164 valence electrons. The maximum Gasteiger partial charge on any atom is 0.0542 e. The van der Waals surface area contributed by atoms with Crippen molar-refractivity contribution in [1.82, 2.24) is 9.13 Å². The summed E-state index contributed by atoms with van der Waals surface area (Å²) >= 11 is 0. The first kappa shape index (κ1) is 20.3. The minimum Gasteiger partial charge on any atom is -0.309 e. The van der Waals surface area contributed by atoms with Gasteiger partial charge in [-0.15, -0.1) is 0 Å². The van der Waals surface area contributed by atoms with Gasteiger partial charge in [0.2, 0.25) is 0 Å². The normalized spacial score (nSPS) is 11.2. The highest BCUT2D eigenvalue weighted by molar-refractivity contribution is 6.12. The standard InChI is InChI=1S/C30H20N2.C2H6/c1-2-10-21(11-3-1)31-29-17-9-6-14-25(29)26-20-22(18-19-30(26)31)32-27-15-7-4-12-23(27)24-13-5-8-16-28(24)32;1-2/h1-20H;1-2H3. The number of benzene rings is 5. The number of para-hydroxylation sites is 4. The third-order valence-electron chi connectivity index (χ3n) is 6.51. The molecule has 0 aliphatic carbocycles. The van der Waals surface area contributed by atoms with Crippen LogP contribution in [0.3, 0.4) is 0 Å². The lowest BCUT2D eigenvalue weighted by atomic mass is 10.1. The Labute approximate surface area is 199 Å². The maximum atomic E-state index is 2.39. The van der Waals surface area contributed by atoms with Gasteiger partial charge in [-0.3, -0.25) is 0 Å². The van der Waals surface area contributed by atoms with Gasteiger partial charge in [-0.1, -0.05) is 86.6 Å². The maximum absolute atomic E-state index is 2.39. The Balaban J connectivity index is 0.00000106. The highest BCUT2D eigenvalue weighted by Crippen LogP contribution is 2.36. The fraction of sp³-hybridized carbons (Fsp3) is 0.0625. The minimum absolute atomic E-state index is 1.18. The van der Waals surface area contributed by atoms with E-state index in [4.69, 9.17) is 0 Å². The summed E-state index contributed by atoms with van der Waals surface area (Å²) in [5, 5.41) is 5.11. The molecule has 0 spiro atoms. The smallest absolute Gasteiger partial charge is 0.0542 e. The molecule has 0 unspecified atom stereocenters. The summed E-state index contributed by atoms with van der Waals surface area (Å²) in [6.45, 7) is 4.00. The van der Waals surface area contributed by atoms with E-state index in [0.717, 1.165) is 0 Å². The quantitative estimate of drug-likeness (QED) is 0.255. The zero-order valence-corrected chi connectivity index (χ0v) is 19.4. The first-order chi connectivity index (χ1) is 16.9. The molecule has 0 N–H and O–H groups in total. The van der Waals surface area contributed by atoms with Gasteiger partial charge >= 0.3 is 0 Å². The van der Waals surface area contributed by atoms with Crippen LogP contribution in [0.1, 0.15) is 13.8 Å². The molecule has 34 heavy (non-hydrogen) atoms. The van der Waals surface area contributed by atoms with Crippen LogP contribution in [0.5, 0.6) is 0 Å². The molecule has 2 aromatic heterocycles. The lowest BCUT2D eigenvalue weighted by Gasteiger charge is -2.10. The van der Waals surface area contributed by atoms with E-state index >= 15 is 0 Å². The van der Waals surface area contributed by atoms with Crippen LogP contribution in [0.4, 0.5) is 0 Å². The second kappa shape index (κ2) is 8.24. The Morgan fingerprint density at radius 1 is 0.353 bits per heavy atom. The van der Waals surface area contributed by atoms with E-state index in [2.05, 4.69) is 130 Å². The lowest BCUT2D eigenvalue weighted by Crippen LogP contribution is -1.95. The first-order valence-corrected chi connectivity index (χ1v) is 12.0. The Bertz CT molecular complexity index is 1710. The molecule has 2 heteroatoms. The molecule has 0 fully saturated rings. The van der Waals surface area contributed by atoms with Gasteiger partial charge in [0.15, 0.2) is 0 Å². The lowest BCUT2D eigenvalue weighted by molar-refractivity contribution is 1.17. The summed E-state index contributed by atoms with van der Waals surface area (Å²) in [5.41, 5.74) is 7.30. The van der Waals surface area contributed by atoms with E-state index in [1.54, 1.807) is 0 Å². The van der Waals surface area contributed by atoms with Gasteiger partial charge in [0.25, 0.3) is 0 Å². The molecular formula is C32H26N2. The van der Waals surface area contributed by atoms with Gasteiger partial charge in [0, 0.05) is 32.9 Å². The van der Waals surface area contributed by atoms with Gasteiger partial charge in [-0.25, -0.2) is 0 Å². The van der Waals surface area contributed by atoms with E-state index in [0.29, 0.717) is 0 Å². The molecule has 0 amide bonds. The first-order valence-electron chi connectivity index (χ1n) is 12.0. The van der Waals surface area contributed by atoms with E-state index in [1.165, 1.54) is 55.0 Å². The summed E-state index contributed by atoms with van der Waals surface area (Å²) in [4.78, 5) is 0. The molecule has 0 saturated heterocycles. The molecule has 0 bridgehead atoms. The van der Waals surface area contributed by atoms with Crippen LogP contribution in [0, 0.1) is 0 Å². The van der Waals surface area contributed by atoms with Crippen molar-refractivity contribution in [2.24, 2.45) is 0 Å². The number of nitrogens with zero attached hydrogens (tertiary/aromatic N) is 2. The molecular weight excluding hydrogens is 412 g/mol. The Kier molecular flexibility index (Phi) is 4.92. The van der Waals surface area contributed by atoms with Gasteiger partial charge in [0.05, 0.1) is 22.1 Å². The van der Waals surface area contributed by atoms with Crippen molar-refractivity contribution in [3.05, 3.63) is 121 Å². The number of aromatic nitrogens is 2. The molecule has 0 saturated carbocycles. The summed E-state index contributed by atoms with van der Waals surface area (Å²) in [5.74, 6) is 0. The Morgan fingerprint density at radius 2 is 0.765 bits per heavy atom. The van der Waals surface area contributed by atoms with Crippen LogP contribution in [0.15, 0.2) is 121 Å². The molecule has 0 aliphatic heterocycles. The summed E-state index contributed by atoms with van der Waals surface area (Å²) < 4.78 is 4.75. The van der Waals surface area contributed by atoms with E-state index in [1.807, 2.05) is 13.8 Å². The second-order valence-corrected chi connectivity index (χ2v) is 8.26. The summed E-state index contributed by atoms with van der Waals surface area (Å²) in [6.07, 6.45) is 0. The third kappa shape index (κ3) is 2.96. The summed E-state index contributed by atoms with van der Waals surface area (Å²) in [7, 11) is 0. The number of hydrogen-bond acceptors (Lipinski definition) is 0. The fourth-order valence-corrected chi connectivity index (χ4v) is 5.16. The van der Waals surface area contributed by atoms with E-state index in [-0.39, 0.29) is 0 Å². The van der Waals surface area contributed by atoms with Crippen LogP contribution in [-0.4, -0.2) is 9.13 Å². The molecule has 0 radical (unpaired) electrons. The second-order valence-electron chi connectivity index (χ2n) is 8.26. The van der Waals surface area contributed by atoms with Crippen molar-refractivity contribution in [3.8, 4) is 11.4 Å². The average molecular weight is 439 g/mol. The van der Waals surface area contributed by atoms with E-state index in [9.17, 15) is 0 Å². The van der Waals surface area contributed by atoms with Crippen molar-refractivity contribution in [1.29, 1.82) is 0 Å². The van der Waals surface area contributed by atoms with Crippen LogP contribution >= 0.6 is 0 Å². The molecule has 7 aromatic rings. The summed E-state index contributed by atoms with van der Waals surface area (Å²) in [6, 6.07) is 43.5. The van der Waals surface area contributed by atoms with Crippen LogP contribution in [-0.2, 0) is 0 Å². The van der Waals surface area contributed by atoms with Crippen molar-refractivity contribution >= 4 is 43.6 Å². The van der Waals surface area contributed by atoms with Crippen molar-refractivity contribution in [2.75, 3.05) is 0 Å². The van der Waals surface area contributed by atoms with Crippen LogP contribution in [0.25, 0.3) is 55.0 Å². The number of rotatable bonds is 2. The van der Waals surface area contributed by atoms with Crippen molar-refractivity contribution < 1.29 is 0 Å². The largest absolute Gasteiger partial charge is 0.309 e. The average Bonchev–Trinajstić information content (AvgIpc) is 3.43. The predicted octanol–water partition coefficient (Wildman–Crippen LogP) is 8.91. The predicted molar refractivity (Wildman–Crippen MR) is 146 cm³/mol. The SMILES string of the molecule is CC.c1ccc(-n2c3ccccc3c3cc(-n4c5ccccc5c5ccccc54)ccc32)cc1. The zero-order valence-electron chi connectivity index (χ0n) is 19.4. The molecule has 0 atom stereocenters. The molecule has 5 aromatic carbocycles. The van der Waals surface area contributed by atoms with Gasteiger partial charge in [-0.2, -0.15) is 0 Å². The number of fused-ring (bicyclic) bond motifs is 6. The number of hydrogen-bond donors (Lipinski definition) is 0. The fourth-order valence-electron chi connectivity index (χ4n) is 5.16.